The first-order valence-corrected chi connectivity index (χ1v) is 8.91. The minimum atomic E-state index is -0.404. The largest absolute Gasteiger partial charge is 0.492 e. The molecule has 2 N–H and O–H groups in total. The first kappa shape index (κ1) is 17.9. The molecule has 2 aromatic carbocycles. The van der Waals surface area contributed by atoms with Gasteiger partial charge in [0.05, 0.1) is 18.0 Å². The molecule has 0 spiro atoms. The fraction of sp³-hybridized carbons (Fsp3) is 0.158. The Morgan fingerprint density at radius 2 is 2.04 bits per heavy atom. The van der Waals surface area contributed by atoms with E-state index in [4.69, 9.17) is 4.74 Å². The number of nitrogens with one attached hydrogen (secondary N) is 2. The SMILES string of the molecule is CCOc1ccccc1Nc1nc(C)c(C(=O)Nc2cccc(F)c2)s1. The molecule has 1 aromatic heterocycles. The molecule has 0 fully saturated rings. The van der Waals surface area contributed by atoms with Gasteiger partial charge in [0.2, 0.25) is 0 Å². The van der Waals surface area contributed by atoms with Gasteiger partial charge in [-0.3, -0.25) is 4.79 Å². The van der Waals surface area contributed by atoms with Gasteiger partial charge in [0.15, 0.2) is 5.13 Å². The Hall–Kier alpha value is -2.93. The summed E-state index contributed by atoms with van der Waals surface area (Å²) in [4.78, 5) is 17.3. The number of benzene rings is 2. The van der Waals surface area contributed by atoms with Crippen molar-refractivity contribution in [3.05, 3.63) is 64.9 Å². The van der Waals surface area contributed by atoms with Crippen molar-refractivity contribution in [2.45, 2.75) is 13.8 Å². The van der Waals surface area contributed by atoms with Crippen LogP contribution >= 0.6 is 11.3 Å². The molecule has 0 aliphatic rings. The Kier molecular flexibility index (Phi) is 5.48. The fourth-order valence-corrected chi connectivity index (χ4v) is 3.26. The number of amides is 1. The zero-order chi connectivity index (χ0) is 18.5. The number of hydrogen-bond acceptors (Lipinski definition) is 5. The number of ether oxygens (including phenoxy) is 1. The Morgan fingerprint density at radius 1 is 1.23 bits per heavy atom. The van der Waals surface area contributed by atoms with E-state index in [0.717, 1.165) is 5.69 Å². The van der Waals surface area contributed by atoms with Crippen molar-refractivity contribution in [2.75, 3.05) is 17.2 Å². The molecular weight excluding hydrogens is 353 g/mol. The third-order valence-electron chi connectivity index (χ3n) is 3.51. The van der Waals surface area contributed by atoms with Gasteiger partial charge < -0.3 is 15.4 Å². The molecule has 3 aromatic rings. The highest BCUT2D eigenvalue weighted by molar-refractivity contribution is 7.17. The number of halogens is 1. The Labute approximate surface area is 154 Å². The minimum Gasteiger partial charge on any atom is -0.492 e. The van der Waals surface area contributed by atoms with Crippen LogP contribution in [0.5, 0.6) is 5.75 Å². The van der Waals surface area contributed by atoms with E-state index >= 15 is 0 Å². The van der Waals surface area contributed by atoms with E-state index in [2.05, 4.69) is 15.6 Å². The lowest BCUT2D eigenvalue weighted by atomic mass is 10.3. The van der Waals surface area contributed by atoms with Gasteiger partial charge in [0.25, 0.3) is 5.91 Å². The first-order chi connectivity index (χ1) is 12.6. The van der Waals surface area contributed by atoms with Gasteiger partial charge in [-0.2, -0.15) is 0 Å². The molecule has 0 saturated heterocycles. The van der Waals surface area contributed by atoms with Crippen molar-refractivity contribution < 1.29 is 13.9 Å². The molecule has 0 atom stereocenters. The van der Waals surface area contributed by atoms with E-state index in [1.54, 1.807) is 19.1 Å². The van der Waals surface area contributed by atoms with Crippen molar-refractivity contribution in [1.29, 1.82) is 0 Å². The molecule has 0 bridgehead atoms. The third kappa shape index (κ3) is 4.18. The number of hydrogen-bond donors (Lipinski definition) is 2. The molecule has 0 radical (unpaired) electrons. The number of para-hydroxylation sites is 2. The van der Waals surface area contributed by atoms with Crippen LogP contribution in [0.15, 0.2) is 48.5 Å². The van der Waals surface area contributed by atoms with E-state index in [9.17, 15) is 9.18 Å². The molecule has 134 valence electrons. The van der Waals surface area contributed by atoms with Crippen molar-refractivity contribution in [3.8, 4) is 5.75 Å². The Balaban J connectivity index is 1.78. The standard InChI is InChI=1S/C19H18FN3O2S/c1-3-25-16-10-5-4-9-15(16)23-19-21-12(2)17(26-19)18(24)22-14-8-6-7-13(20)11-14/h4-11H,3H2,1-2H3,(H,21,23)(H,22,24). The molecular formula is C19H18FN3O2S. The smallest absolute Gasteiger partial charge is 0.267 e. The maximum atomic E-state index is 13.3. The number of nitrogens with zero attached hydrogens (tertiary/aromatic N) is 1. The molecule has 3 rings (SSSR count). The molecule has 0 aliphatic carbocycles. The van der Waals surface area contributed by atoms with E-state index < -0.39 is 5.82 Å². The molecule has 7 heteroatoms. The number of carbonyl (C=O) groups excluding carboxylic acids is 1. The van der Waals surface area contributed by atoms with Gasteiger partial charge >= 0.3 is 0 Å². The van der Waals surface area contributed by atoms with E-state index in [0.29, 0.717) is 33.7 Å². The summed E-state index contributed by atoms with van der Waals surface area (Å²) in [7, 11) is 0. The van der Waals surface area contributed by atoms with Gasteiger partial charge in [-0.25, -0.2) is 9.37 Å². The van der Waals surface area contributed by atoms with Crippen LogP contribution in [0.3, 0.4) is 0 Å². The number of carbonyl (C=O) groups is 1. The summed E-state index contributed by atoms with van der Waals surface area (Å²) >= 11 is 1.23. The summed E-state index contributed by atoms with van der Waals surface area (Å²) in [5.41, 5.74) is 1.78. The average molecular weight is 371 g/mol. The third-order valence-corrected chi connectivity index (χ3v) is 4.59. The highest BCUT2D eigenvalue weighted by Crippen LogP contribution is 2.31. The number of rotatable bonds is 6. The summed E-state index contributed by atoms with van der Waals surface area (Å²) in [6, 6.07) is 13.3. The predicted molar refractivity (Wildman–Crippen MR) is 102 cm³/mol. The second kappa shape index (κ2) is 7.97. The number of aromatic nitrogens is 1. The second-order valence-corrected chi connectivity index (χ2v) is 6.45. The van der Waals surface area contributed by atoms with Gasteiger partial charge in [-0.05, 0) is 44.2 Å². The van der Waals surface area contributed by atoms with Crippen molar-refractivity contribution in [2.24, 2.45) is 0 Å². The Morgan fingerprint density at radius 3 is 2.81 bits per heavy atom. The zero-order valence-corrected chi connectivity index (χ0v) is 15.2. The molecule has 0 unspecified atom stereocenters. The van der Waals surface area contributed by atoms with Crippen LogP contribution in [0.4, 0.5) is 20.9 Å². The van der Waals surface area contributed by atoms with Crippen LogP contribution in [-0.4, -0.2) is 17.5 Å². The first-order valence-electron chi connectivity index (χ1n) is 8.10. The van der Waals surface area contributed by atoms with Crippen LogP contribution in [-0.2, 0) is 0 Å². The monoisotopic (exact) mass is 371 g/mol. The van der Waals surface area contributed by atoms with Crippen LogP contribution in [0, 0.1) is 12.7 Å². The van der Waals surface area contributed by atoms with Gasteiger partial charge in [0.1, 0.15) is 16.4 Å². The van der Waals surface area contributed by atoms with Crippen molar-refractivity contribution in [1.82, 2.24) is 4.98 Å². The lowest BCUT2D eigenvalue weighted by molar-refractivity contribution is 0.103. The summed E-state index contributed by atoms with van der Waals surface area (Å²) < 4.78 is 18.8. The van der Waals surface area contributed by atoms with E-state index in [1.165, 1.54) is 23.5 Å². The van der Waals surface area contributed by atoms with Gasteiger partial charge in [0, 0.05) is 5.69 Å². The molecule has 26 heavy (non-hydrogen) atoms. The normalized spacial score (nSPS) is 10.4. The maximum Gasteiger partial charge on any atom is 0.267 e. The maximum absolute atomic E-state index is 13.3. The van der Waals surface area contributed by atoms with Crippen LogP contribution in [0.25, 0.3) is 0 Å². The van der Waals surface area contributed by atoms with E-state index in [1.807, 2.05) is 31.2 Å². The molecule has 5 nitrogen and oxygen atoms in total. The molecule has 1 heterocycles. The summed E-state index contributed by atoms with van der Waals surface area (Å²) in [6.45, 7) is 4.23. The quantitative estimate of drug-likeness (QED) is 0.641. The van der Waals surface area contributed by atoms with Gasteiger partial charge in [-0.1, -0.05) is 29.5 Å². The lowest BCUT2D eigenvalue weighted by Crippen LogP contribution is -2.11. The van der Waals surface area contributed by atoms with Crippen molar-refractivity contribution >= 4 is 33.8 Å². The predicted octanol–water partition coefficient (Wildman–Crippen LogP) is 4.99. The minimum absolute atomic E-state index is 0.322. The van der Waals surface area contributed by atoms with Crippen LogP contribution < -0.4 is 15.4 Å². The van der Waals surface area contributed by atoms with Crippen LogP contribution in [0.1, 0.15) is 22.3 Å². The Bertz CT molecular complexity index is 927. The summed E-state index contributed by atoms with van der Waals surface area (Å²) in [5, 5.41) is 6.46. The number of aryl methyl sites for hydroxylation is 1. The highest BCUT2D eigenvalue weighted by Gasteiger charge is 2.16. The molecule has 0 saturated carbocycles. The number of anilines is 3. The van der Waals surface area contributed by atoms with Gasteiger partial charge in [-0.15, -0.1) is 0 Å². The second-order valence-electron chi connectivity index (χ2n) is 5.45. The summed E-state index contributed by atoms with van der Waals surface area (Å²) in [6.07, 6.45) is 0. The lowest BCUT2D eigenvalue weighted by Gasteiger charge is -2.09. The zero-order valence-electron chi connectivity index (χ0n) is 14.4. The van der Waals surface area contributed by atoms with E-state index in [-0.39, 0.29) is 5.91 Å². The fourth-order valence-electron chi connectivity index (χ4n) is 2.38. The molecule has 1 amide bonds. The average Bonchev–Trinajstić information content (AvgIpc) is 2.97. The topological polar surface area (TPSA) is 63.2 Å². The number of thiazole rings is 1. The summed E-state index contributed by atoms with van der Waals surface area (Å²) in [5.74, 6) is -0.0101. The molecule has 0 aliphatic heterocycles. The van der Waals surface area contributed by atoms with Crippen LogP contribution in [0.2, 0.25) is 0 Å². The van der Waals surface area contributed by atoms with Crippen molar-refractivity contribution in [3.63, 3.8) is 0 Å². The highest BCUT2D eigenvalue weighted by atomic mass is 32.1.